The van der Waals surface area contributed by atoms with Crippen LogP contribution in [0.25, 0.3) is 0 Å². The van der Waals surface area contributed by atoms with Gasteiger partial charge < -0.3 is 19.7 Å². The quantitative estimate of drug-likeness (QED) is 0.511. The highest BCUT2D eigenvalue weighted by Crippen LogP contribution is 2.31. The van der Waals surface area contributed by atoms with Gasteiger partial charge in [0.05, 0.1) is 30.8 Å². The summed E-state index contributed by atoms with van der Waals surface area (Å²) >= 11 is 1.68. The highest BCUT2D eigenvalue weighted by molar-refractivity contribution is 7.13. The molecule has 0 saturated carbocycles. The van der Waals surface area contributed by atoms with Gasteiger partial charge in [0, 0.05) is 43.1 Å². The van der Waals surface area contributed by atoms with Crippen molar-refractivity contribution >= 4 is 28.4 Å². The van der Waals surface area contributed by atoms with Crippen LogP contribution in [-0.2, 0) is 36.3 Å². The van der Waals surface area contributed by atoms with E-state index in [2.05, 4.69) is 24.5 Å². The average molecular weight is 514 g/mol. The molecule has 1 aliphatic rings. The van der Waals surface area contributed by atoms with Crippen LogP contribution in [0.2, 0.25) is 0 Å². The van der Waals surface area contributed by atoms with E-state index >= 15 is 0 Å². The number of nitrogens with zero attached hydrogens (tertiary/aromatic N) is 6. The van der Waals surface area contributed by atoms with E-state index < -0.39 is 24.3 Å². The first kappa shape index (κ1) is 26.6. The van der Waals surface area contributed by atoms with Crippen molar-refractivity contribution in [3.63, 3.8) is 0 Å². The van der Waals surface area contributed by atoms with E-state index in [0.29, 0.717) is 0 Å². The number of aliphatic carboxylic acids is 2. The molecule has 4 heterocycles. The fourth-order valence-corrected chi connectivity index (χ4v) is 3.30. The first-order valence-electron chi connectivity index (χ1n) is 8.94. The summed E-state index contributed by atoms with van der Waals surface area (Å²) in [5.41, 5.74) is 3.74. The number of rotatable bonds is 3. The molecule has 1 aliphatic heterocycles. The first-order chi connectivity index (χ1) is 15.7. The van der Waals surface area contributed by atoms with E-state index in [1.54, 1.807) is 17.5 Å². The van der Waals surface area contributed by atoms with Crippen molar-refractivity contribution in [2.45, 2.75) is 32.0 Å². The molecule has 0 aromatic carbocycles. The molecule has 0 atom stereocenters. The molecule has 0 bridgehead atoms. The van der Waals surface area contributed by atoms with Gasteiger partial charge in [-0.2, -0.15) is 31.4 Å². The molecule has 3 aromatic rings. The summed E-state index contributed by atoms with van der Waals surface area (Å²) in [5, 5.41) is 22.0. The van der Waals surface area contributed by atoms with Crippen molar-refractivity contribution in [1.82, 2.24) is 24.3 Å². The van der Waals surface area contributed by atoms with E-state index in [1.807, 2.05) is 35.8 Å². The van der Waals surface area contributed by atoms with Crippen molar-refractivity contribution in [3.8, 4) is 0 Å². The van der Waals surface area contributed by atoms with Gasteiger partial charge in [-0.1, -0.05) is 0 Å². The van der Waals surface area contributed by atoms with Crippen molar-refractivity contribution in [2.75, 3.05) is 4.90 Å². The third kappa shape index (κ3) is 7.19. The summed E-state index contributed by atoms with van der Waals surface area (Å²) in [7, 11) is 2.02. The molecule has 0 unspecified atom stereocenters. The molecule has 0 amide bonds. The Bertz CT molecular complexity index is 1070. The number of anilines is 1. The zero-order valence-corrected chi connectivity index (χ0v) is 17.9. The van der Waals surface area contributed by atoms with Crippen LogP contribution in [0.3, 0.4) is 0 Å². The lowest BCUT2D eigenvalue weighted by atomic mass is 10.2. The SMILES string of the molecule is Cn1nc(Cn2ccnc2)c2c1CN(c1nccs1)C2.O=C(O)C(F)(F)F.O=C(O)C(F)(F)F. The fourth-order valence-electron chi connectivity index (χ4n) is 2.66. The first-order valence-corrected chi connectivity index (χ1v) is 9.82. The maximum Gasteiger partial charge on any atom is 0.490 e. The number of carbonyl (C=O) groups is 2. The number of alkyl halides is 6. The molecular weight excluding hydrogens is 498 g/mol. The Hall–Kier alpha value is -3.63. The summed E-state index contributed by atoms with van der Waals surface area (Å²) in [6.45, 7) is 2.55. The Morgan fingerprint density at radius 3 is 2.09 bits per heavy atom. The van der Waals surface area contributed by atoms with Crippen LogP contribution in [0.1, 0.15) is 17.0 Å². The second kappa shape index (κ2) is 10.5. The predicted octanol–water partition coefficient (Wildman–Crippen LogP) is 2.91. The van der Waals surface area contributed by atoms with Crippen LogP contribution < -0.4 is 4.90 Å². The van der Waals surface area contributed by atoms with Crippen LogP contribution in [0.4, 0.5) is 31.5 Å². The molecular formula is C17H16F6N6O4S. The summed E-state index contributed by atoms with van der Waals surface area (Å²) < 4.78 is 67.5. The molecule has 3 aromatic heterocycles. The Labute approximate surface area is 190 Å². The molecule has 0 saturated heterocycles. The molecule has 10 nitrogen and oxygen atoms in total. The minimum Gasteiger partial charge on any atom is -0.475 e. The summed E-state index contributed by atoms with van der Waals surface area (Å²) in [6, 6.07) is 0. The number of carboxylic acids is 2. The summed E-state index contributed by atoms with van der Waals surface area (Å²) in [6.07, 6.45) is -2.72. The second-order valence-corrected chi connectivity index (χ2v) is 7.38. The van der Waals surface area contributed by atoms with Crippen molar-refractivity contribution < 1.29 is 46.1 Å². The number of aromatic nitrogens is 5. The number of thiazole rings is 1. The largest absolute Gasteiger partial charge is 0.490 e. The van der Waals surface area contributed by atoms with Gasteiger partial charge in [0.2, 0.25) is 0 Å². The Morgan fingerprint density at radius 1 is 1.06 bits per heavy atom. The lowest BCUT2D eigenvalue weighted by Gasteiger charge is -2.14. The number of hydrogen-bond donors (Lipinski definition) is 2. The zero-order chi connectivity index (χ0) is 25.7. The maximum atomic E-state index is 10.6. The minimum absolute atomic E-state index is 0.773. The number of carboxylic acid groups (broad SMARTS) is 2. The molecule has 4 rings (SSSR count). The molecule has 0 radical (unpaired) electrons. The second-order valence-electron chi connectivity index (χ2n) is 6.51. The number of fused-ring (bicyclic) bond motifs is 1. The predicted molar refractivity (Wildman–Crippen MR) is 104 cm³/mol. The topological polar surface area (TPSA) is 126 Å². The number of aryl methyl sites for hydroxylation is 1. The van der Waals surface area contributed by atoms with Crippen LogP contribution >= 0.6 is 11.3 Å². The van der Waals surface area contributed by atoms with Crippen molar-refractivity contribution in [2.24, 2.45) is 7.05 Å². The minimum atomic E-state index is -5.08. The van der Waals surface area contributed by atoms with E-state index in [-0.39, 0.29) is 0 Å². The van der Waals surface area contributed by atoms with Crippen LogP contribution in [0.5, 0.6) is 0 Å². The van der Waals surface area contributed by atoms with Crippen molar-refractivity contribution in [1.29, 1.82) is 0 Å². The lowest BCUT2D eigenvalue weighted by molar-refractivity contribution is -0.193. The van der Waals surface area contributed by atoms with Gasteiger partial charge in [-0.05, 0) is 0 Å². The average Bonchev–Trinajstić information content (AvgIpc) is 3.48. The molecule has 186 valence electrons. The molecule has 0 fully saturated rings. The third-order valence-corrected chi connectivity index (χ3v) is 4.95. The summed E-state index contributed by atoms with van der Waals surface area (Å²) in [5.74, 6) is -5.51. The normalized spacial score (nSPS) is 12.9. The van der Waals surface area contributed by atoms with Gasteiger partial charge in [0.1, 0.15) is 0 Å². The van der Waals surface area contributed by atoms with E-state index in [0.717, 1.165) is 30.5 Å². The lowest BCUT2D eigenvalue weighted by Crippen LogP contribution is -2.21. The van der Waals surface area contributed by atoms with E-state index in [4.69, 9.17) is 19.8 Å². The van der Waals surface area contributed by atoms with Gasteiger partial charge >= 0.3 is 24.3 Å². The van der Waals surface area contributed by atoms with Crippen LogP contribution in [0, 0.1) is 0 Å². The zero-order valence-electron chi connectivity index (χ0n) is 17.1. The Kier molecular flexibility index (Phi) is 8.25. The highest BCUT2D eigenvalue weighted by atomic mass is 32.1. The van der Waals surface area contributed by atoms with Gasteiger partial charge in [0.25, 0.3) is 0 Å². The third-order valence-electron chi connectivity index (χ3n) is 4.11. The molecule has 0 spiro atoms. The number of imidazole rings is 1. The maximum absolute atomic E-state index is 10.6. The van der Waals surface area contributed by atoms with Gasteiger partial charge in [0.15, 0.2) is 5.13 Å². The van der Waals surface area contributed by atoms with Crippen molar-refractivity contribution in [3.05, 3.63) is 47.2 Å². The van der Waals surface area contributed by atoms with Crippen LogP contribution in [0.15, 0.2) is 30.3 Å². The smallest absolute Gasteiger partial charge is 0.475 e. The van der Waals surface area contributed by atoms with Crippen LogP contribution in [-0.4, -0.2) is 58.8 Å². The fraction of sp³-hybridized carbons (Fsp3) is 0.353. The Morgan fingerprint density at radius 2 is 1.65 bits per heavy atom. The molecule has 17 heteroatoms. The summed E-state index contributed by atoms with van der Waals surface area (Å²) in [4.78, 5) is 28.6. The van der Waals surface area contributed by atoms with Gasteiger partial charge in [-0.15, -0.1) is 11.3 Å². The van der Waals surface area contributed by atoms with E-state index in [9.17, 15) is 26.3 Å². The standard InChI is InChI=1S/C13H14N6S.2C2HF3O2/c1-17-12-8-19(13-15-3-5-20-13)6-10(12)11(16-17)7-18-4-2-14-9-18;2*3-2(4,5)1(6)7/h2-5,9H,6-8H2,1H3;2*(H,6,7). The number of hydrogen-bond acceptors (Lipinski definition) is 7. The van der Waals surface area contributed by atoms with E-state index in [1.165, 1.54) is 11.3 Å². The monoisotopic (exact) mass is 514 g/mol. The van der Waals surface area contributed by atoms with Gasteiger partial charge in [-0.3, -0.25) is 4.68 Å². The number of halogens is 6. The molecule has 34 heavy (non-hydrogen) atoms. The highest BCUT2D eigenvalue weighted by Gasteiger charge is 2.38. The molecule has 2 N–H and O–H groups in total. The van der Waals surface area contributed by atoms with Gasteiger partial charge in [-0.25, -0.2) is 19.6 Å². The molecule has 0 aliphatic carbocycles. The Balaban J connectivity index is 0.000000244.